The Morgan fingerprint density at radius 1 is 1.55 bits per heavy atom. The van der Waals surface area contributed by atoms with Crippen LogP contribution in [0.3, 0.4) is 0 Å². The number of hydrogen-bond donors (Lipinski definition) is 1. The van der Waals surface area contributed by atoms with Crippen molar-refractivity contribution in [2.45, 2.75) is 19.9 Å². The van der Waals surface area contributed by atoms with Crippen LogP contribution in [0.15, 0.2) is 12.3 Å². The molecule has 20 heavy (non-hydrogen) atoms. The zero-order chi connectivity index (χ0) is 14.3. The quantitative estimate of drug-likeness (QED) is 0.670. The molecule has 0 amide bonds. The van der Waals surface area contributed by atoms with Crippen molar-refractivity contribution < 1.29 is 4.92 Å². The maximum Gasteiger partial charge on any atom is 0.311 e. The van der Waals surface area contributed by atoms with Gasteiger partial charge in [-0.2, -0.15) is 0 Å². The van der Waals surface area contributed by atoms with Gasteiger partial charge in [0, 0.05) is 30.1 Å². The largest absolute Gasteiger partial charge is 0.375 e. The van der Waals surface area contributed by atoms with Gasteiger partial charge in [0.05, 0.1) is 17.2 Å². The number of nitrogens with zero attached hydrogens (tertiary/aromatic N) is 4. The second-order valence-electron chi connectivity index (χ2n) is 4.71. The number of anilines is 2. The van der Waals surface area contributed by atoms with Crippen LogP contribution in [0.25, 0.3) is 0 Å². The van der Waals surface area contributed by atoms with E-state index < -0.39 is 0 Å². The molecule has 2 aromatic rings. The third-order valence-electron chi connectivity index (χ3n) is 3.23. The van der Waals surface area contributed by atoms with Crippen molar-refractivity contribution in [3.8, 4) is 0 Å². The van der Waals surface area contributed by atoms with Crippen molar-refractivity contribution in [2.24, 2.45) is 0 Å². The van der Waals surface area contributed by atoms with Gasteiger partial charge >= 0.3 is 5.69 Å². The van der Waals surface area contributed by atoms with E-state index >= 15 is 0 Å². The molecule has 3 heterocycles. The second kappa shape index (κ2) is 4.71. The van der Waals surface area contributed by atoms with Gasteiger partial charge in [0.2, 0.25) is 5.82 Å². The molecule has 0 fully saturated rings. The van der Waals surface area contributed by atoms with Gasteiger partial charge in [0.15, 0.2) is 5.13 Å². The smallest absolute Gasteiger partial charge is 0.311 e. The van der Waals surface area contributed by atoms with Gasteiger partial charge in [-0.15, -0.1) is 11.3 Å². The fraction of sp³-hybridized carbons (Fsp3) is 0.333. The van der Waals surface area contributed by atoms with Crippen LogP contribution in [0.4, 0.5) is 16.6 Å². The normalized spacial score (nSPS) is 14.2. The van der Waals surface area contributed by atoms with Crippen LogP contribution >= 0.6 is 11.3 Å². The molecule has 2 aromatic heterocycles. The zero-order valence-corrected chi connectivity index (χ0v) is 11.7. The molecule has 0 aromatic carbocycles. The minimum absolute atomic E-state index is 0.0472. The highest BCUT2D eigenvalue weighted by atomic mass is 32.1. The minimum atomic E-state index is -0.383. The number of fused-ring (bicyclic) bond motifs is 1. The minimum Gasteiger partial charge on any atom is -0.375 e. The monoisotopic (exact) mass is 291 g/mol. The van der Waals surface area contributed by atoms with Crippen molar-refractivity contribution in [3.05, 3.63) is 38.5 Å². The molecule has 8 heteroatoms. The van der Waals surface area contributed by atoms with Crippen LogP contribution in [0.1, 0.15) is 16.1 Å². The highest BCUT2D eigenvalue weighted by molar-refractivity contribution is 7.15. The number of aromatic nitrogens is 2. The fourth-order valence-corrected chi connectivity index (χ4v) is 3.21. The lowest BCUT2D eigenvalue weighted by Gasteiger charge is -2.26. The summed E-state index contributed by atoms with van der Waals surface area (Å²) in [6, 6.07) is 1.55. The van der Waals surface area contributed by atoms with Crippen molar-refractivity contribution >= 4 is 28.0 Å². The molecule has 1 aliphatic heterocycles. The van der Waals surface area contributed by atoms with Gasteiger partial charge in [-0.05, 0) is 12.5 Å². The van der Waals surface area contributed by atoms with Gasteiger partial charge in [0.25, 0.3) is 0 Å². The summed E-state index contributed by atoms with van der Waals surface area (Å²) in [7, 11) is 0. The number of thiazole rings is 1. The first-order valence-corrected chi connectivity index (χ1v) is 6.96. The standard InChI is InChI=1S/C12H13N5O2S/c1-7-4-9(17(18)19)11(14-5-7)16-3-2-8-10(6-16)20-12(13)15-8/h4-5H,2-3,6H2,1H3,(H2,13,15). The van der Waals surface area contributed by atoms with E-state index in [0.717, 1.165) is 22.6 Å². The molecule has 0 saturated heterocycles. The maximum absolute atomic E-state index is 11.2. The average molecular weight is 291 g/mol. The van der Waals surface area contributed by atoms with Crippen LogP contribution in [0, 0.1) is 17.0 Å². The molecule has 2 N–H and O–H groups in total. The Morgan fingerprint density at radius 2 is 2.35 bits per heavy atom. The summed E-state index contributed by atoms with van der Waals surface area (Å²) in [5, 5.41) is 11.7. The molecule has 0 spiro atoms. The lowest BCUT2D eigenvalue weighted by molar-refractivity contribution is -0.384. The Hall–Kier alpha value is -2.22. The zero-order valence-electron chi connectivity index (χ0n) is 10.9. The first-order chi connectivity index (χ1) is 9.54. The molecule has 0 radical (unpaired) electrons. The number of hydrogen-bond acceptors (Lipinski definition) is 7. The number of rotatable bonds is 2. The second-order valence-corrected chi connectivity index (χ2v) is 5.82. The highest BCUT2D eigenvalue weighted by Gasteiger charge is 2.26. The number of pyridine rings is 1. The third kappa shape index (κ3) is 2.18. The molecular weight excluding hydrogens is 278 g/mol. The number of nitro groups is 1. The molecular formula is C12H13N5O2S. The maximum atomic E-state index is 11.2. The number of aryl methyl sites for hydroxylation is 1. The summed E-state index contributed by atoms with van der Waals surface area (Å²) >= 11 is 1.43. The first kappa shape index (κ1) is 12.8. The average Bonchev–Trinajstić information content (AvgIpc) is 2.77. The van der Waals surface area contributed by atoms with Gasteiger partial charge < -0.3 is 10.6 Å². The lowest BCUT2D eigenvalue weighted by Crippen LogP contribution is -2.31. The van der Waals surface area contributed by atoms with E-state index in [1.54, 1.807) is 19.2 Å². The number of nitrogen functional groups attached to an aromatic ring is 1. The SMILES string of the molecule is Cc1cnc(N2CCc3nc(N)sc3C2)c([N+](=O)[O-])c1. The van der Waals surface area contributed by atoms with E-state index in [4.69, 9.17) is 5.73 Å². The summed E-state index contributed by atoms with van der Waals surface area (Å²) in [5.74, 6) is 0.415. The summed E-state index contributed by atoms with van der Waals surface area (Å²) in [6.45, 7) is 3.02. The van der Waals surface area contributed by atoms with E-state index in [1.807, 2.05) is 4.90 Å². The molecule has 3 rings (SSSR count). The first-order valence-electron chi connectivity index (χ1n) is 6.14. The predicted molar refractivity (Wildman–Crippen MR) is 76.9 cm³/mol. The van der Waals surface area contributed by atoms with E-state index in [9.17, 15) is 10.1 Å². The van der Waals surface area contributed by atoms with Gasteiger partial charge in [-0.25, -0.2) is 9.97 Å². The van der Waals surface area contributed by atoms with Gasteiger partial charge in [-0.1, -0.05) is 0 Å². The molecule has 0 unspecified atom stereocenters. The van der Waals surface area contributed by atoms with Crippen LogP contribution in [0.2, 0.25) is 0 Å². The van der Waals surface area contributed by atoms with Crippen LogP contribution in [-0.4, -0.2) is 21.4 Å². The highest BCUT2D eigenvalue weighted by Crippen LogP contribution is 2.33. The fourth-order valence-electron chi connectivity index (χ4n) is 2.32. The Labute approximate surface area is 119 Å². The summed E-state index contributed by atoms with van der Waals surface area (Å²) in [6.07, 6.45) is 2.38. The van der Waals surface area contributed by atoms with Crippen molar-refractivity contribution in [1.29, 1.82) is 0 Å². The van der Waals surface area contributed by atoms with E-state index in [2.05, 4.69) is 9.97 Å². The van der Waals surface area contributed by atoms with E-state index in [-0.39, 0.29) is 10.6 Å². The van der Waals surface area contributed by atoms with E-state index in [1.165, 1.54) is 11.3 Å². The Bertz CT molecular complexity index is 684. The van der Waals surface area contributed by atoms with Crippen LogP contribution < -0.4 is 10.6 Å². The van der Waals surface area contributed by atoms with Crippen molar-refractivity contribution in [1.82, 2.24) is 9.97 Å². The Morgan fingerprint density at radius 3 is 3.10 bits per heavy atom. The molecule has 0 bridgehead atoms. The summed E-state index contributed by atoms with van der Waals surface area (Å²) < 4.78 is 0. The topological polar surface area (TPSA) is 98.2 Å². The van der Waals surface area contributed by atoms with Crippen molar-refractivity contribution in [3.63, 3.8) is 0 Å². The van der Waals surface area contributed by atoms with Gasteiger partial charge in [0.1, 0.15) is 0 Å². The molecule has 0 atom stereocenters. The Kier molecular flexibility index (Phi) is 3.01. The molecule has 1 aliphatic rings. The summed E-state index contributed by atoms with van der Waals surface area (Å²) in [4.78, 5) is 22.3. The van der Waals surface area contributed by atoms with Gasteiger partial charge in [-0.3, -0.25) is 10.1 Å². The molecule has 104 valence electrons. The molecule has 7 nitrogen and oxygen atoms in total. The predicted octanol–water partition coefficient (Wildman–Crippen LogP) is 1.90. The van der Waals surface area contributed by atoms with Crippen LogP contribution in [-0.2, 0) is 13.0 Å². The third-order valence-corrected chi connectivity index (χ3v) is 4.14. The van der Waals surface area contributed by atoms with Crippen molar-refractivity contribution in [2.75, 3.05) is 17.2 Å². The molecule has 0 saturated carbocycles. The number of nitrogens with two attached hydrogens (primary N) is 1. The van der Waals surface area contributed by atoms with Crippen LogP contribution in [0.5, 0.6) is 0 Å². The lowest BCUT2D eigenvalue weighted by atomic mass is 10.1. The summed E-state index contributed by atoms with van der Waals surface area (Å²) in [5.41, 5.74) is 7.53. The molecule has 0 aliphatic carbocycles. The Balaban J connectivity index is 1.97. The van der Waals surface area contributed by atoms with E-state index in [0.29, 0.717) is 24.0 Å².